The van der Waals surface area contributed by atoms with Crippen LogP contribution in [0, 0.1) is 0 Å². The van der Waals surface area contributed by atoms with Crippen LogP contribution in [-0.4, -0.2) is 0 Å². The van der Waals surface area contributed by atoms with E-state index < -0.39 is 0 Å². The molecular formula is C12H12. The lowest BCUT2D eigenvalue weighted by Gasteiger charge is -2.07. The van der Waals surface area contributed by atoms with Gasteiger partial charge in [-0.2, -0.15) is 0 Å². The molecule has 1 aromatic carbocycles. The lowest BCUT2D eigenvalue weighted by molar-refractivity contribution is 1.34. The van der Waals surface area contributed by atoms with Crippen LogP contribution in [0.2, 0.25) is 0 Å². The largest absolute Gasteiger partial charge is 0.0911 e. The number of hydrogen-bond acceptors (Lipinski definition) is 0. The molecule has 0 saturated carbocycles. The lowest BCUT2D eigenvalue weighted by atomic mass is 9.98. The average Bonchev–Trinajstić information content (AvgIpc) is 2.07. The number of hydrogen-bond donors (Lipinski definition) is 0. The van der Waals surface area contributed by atoms with Crippen LogP contribution < -0.4 is 10.4 Å². The van der Waals surface area contributed by atoms with E-state index in [4.69, 9.17) is 0 Å². The molecular weight excluding hydrogens is 144 g/mol. The van der Waals surface area contributed by atoms with Crippen LogP contribution in [0.3, 0.4) is 0 Å². The van der Waals surface area contributed by atoms with Crippen LogP contribution in [0.25, 0.3) is 18.2 Å². The normalized spacial score (nSPS) is 14.6. The van der Waals surface area contributed by atoms with Gasteiger partial charge in [-0.3, -0.25) is 0 Å². The Kier molecular flexibility index (Phi) is 1.61. The van der Waals surface area contributed by atoms with Crippen molar-refractivity contribution in [2.45, 2.75) is 13.3 Å². The highest BCUT2D eigenvalue weighted by Gasteiger charge is 2.00. The summed E-state index contributed by atoms with van der Waals surface area (Å²) in [5.74, 6) is 0. The molecule has 12 heavy (non-hydrogen) atoms. The molecule has 0 heteroatoms. The minimum atomic E-state index is 1.05. The first-order valence-corrected chi connectivity index (χ1v) is 4.24. The molecule has 0 unspecified atom stereocenters. The van der Waals surface area contributed by atoms with Crippen molar-refractivity contribution in [3.63, 3.8) is 0 Å². The molecule has 0 radical (unpaired) electrons. The molecule has 0 N–H and O–H groups in total. The molecule has 0 aliphatic heterocycles. The first kappa shape index (κ1) is 7.35. The third-order valence-electron chi connectivity index (χ3n) is 2.37. The predicted molar refractivity (Wildman–Crippen MR) is 53.9 cm³/mol. The zero-order valence-corrected chi connectivity index (χ0v) is 7.30. The third-order valence-corrected chi connectivity index (χ3v) is 2.37. The summed E-state index contributed by atoms with van der Waals surface area (Å²) in [7, 11) is 0. The molecule has 0 fully saturated rings. The minimum absolute atomic E-state index is 1.05. The second-order valence-corrected chi connectivity index (χ2v) is 3.21. The summed E-state index contributed by atoms with van der Waals surface area (Å²) < 4.78 is 0. The fourth-order valence-electron chi connectivity index (χ4n) is 1.66. The summed E-state index contributed by atoms with van der Waals surface area (Å²) >= 11 is 0. The zero-order chi connectivity index (χ0) is 8.55. The van der Waals surface area contributed by atoms with Crippen molar-refractivity contribution in [1.29, 1.82) is 0 Å². The average molecular weight is 156 g/mol. The van der Waals surface area contributed by atoms with Gasteiger partial charge < -0.3 is 0 Å². The Labute approximate surface area is 72.5 Å². The number of allylic oxidation sites excluding steroid dienone is 2. The first-order valence-electron chi connectivity index (χ1n) is 4.24. The maximum absolute atomic E-state index is 4.01. The van der Waals surface area contributed by atoms with Crippen molar-refractivity contribution >= 4 is 18.2 Å². The third kappa shape index (κ3) is 1.00. The van der Waals surface area contributed by atoms with Crippen LogP contribution in [-0.2, 0) is 0 Å². The Hall–Kier alpha value is -1.30. The summed E-state index contributed by atoms with van der Waals surface area (Å²) in [6.45, 7) is 6.17. The number of rotatable bonds is 0. The van der Waals surface area contributed by atoms with Crippen LogP contribution in [0.1, 0.15) is 18.9 Å². The van der Waals surface area contributed by atoms with Gasteiger partial charge in [-0.25, -0.2) is 0 Å². The molecule has 0 atom stereocenters. The Morgan fingerprint density at radius 1 is 1.25 bits per heavy atom. The Morgan fingerprint density at radius 3 is 2.83 bits per heavy atom. The lowest BCUT2D eigenvalue weighted by Crippen LogP contribution is -2.27. The molecule has 0 nitrogen and oxygen atoms in total. The molecule has 0 spiro atoms. The van der Waals surface area contributed by atoms with Crippen molar-refractivity contribution < 1.29 is 0 Å². The summed E-state index contributed by atoms with van der Waals surface area (Å²) in [6, 6.07) is 6.29. The highest BCUT2D eigenvalue weighted by molar-refractivity contribution is 5.68. The van der Waals surface area contributed by atoms with E-state index in [0.717, 1.165) is 11.6 Å². The van der Waals surface area contributed by atoms with Crippen molar-refractivity contribution in [2.24, 2.45) is 0 Å². The smallest absolute Gasteiger partial charge is 0.0152 e. The fraction of sp³-hybridized carbons (Fsp3) is 0.167. The number of benzene rings is 1. The Morgan fingerprint density at radius 2 is 2.08 bits per heavy atom. The maximum Gasteiger partial charge on any atom is -0.0152 e. The highest BCUT2D eigenvalue weighted by atomic mass is 14.1. The molecule has 0 saturated heterocycles. The van der Waals surface area contributed by atoms with E-state index in [0.29, 0.717) is 0 Å². The molecule has 1 aliphatic carbocycles. The van der Waals surface area contributed by atoms with E-state index in [2.05, 4.69) is 43.9 Å². The topological polar surface area (TPSA) is 0 Å². The zero-order valence-electron chi connectivity index (χ0n) is 7.30. The van der Waals surface area contributed by atoms with E-state index in [1.54, 1.807) is 0 Å². The van der Waals surface area contributed by atoms with Gasteiger partial charge in [0.15, 0.2) is 0 Å². The van der Waals surface area contributed by atoms with E-state index in [-0.39, 0.29) is 0 Å². The standard InChI is InChI=1S/C12H12/c1-9-5-3-8-12-10(2)6-4-7-11(9)12/h3,5-8H,1,4H2,2H3. The number of fused-ring (bicyclic) bond motifs is 1. The van der Waals surface area contributed by atoms with Gasteiger partial charge in [0, 0.05) is 0 Å². The van der Waals surface area contributed by atoms with Gasteiger partial charge in [0.05, 0.1) is 0 Å². The van der Waals surface area contributed by atoms with Gasteiger partial charge >= 0.3 is 0 Å². The van der Waals surface area contributed by atoms with Gasteiger partial charge in [-0.15, -0.1) is 0 Å². The molecule has 0 aromatic heterocycles. The molecule has 1 aliphatic rings. The molecule has 0 heterocycles. The van der Waals surface area contributed by atoms with Crippen molar-refractivity contribution in [2.75, 3.05) is 0 Å². The van der Waals surface area contributed by atoms with E-state index in [9.17, 15) is 0 Å². The summed E-state index contributed by atoms with van der Waals surface area (Å²) in [5, 5.41) is 2.46. The molecule has 1 aromatic rings. The van der Waals surface area contributed by atoms with Gasteiger partial charge in [0.25, 0.3) is 0 Å². The van der Waals surface area contributed by atoms with Crippen LogP contribution in [0.15, 0.2) is 24.3 Å². The second-order valence-electron chi connectivity index (χ2n) is 3.21. The molecule has 2 rings (SSSR count). The quantitative estimate of drug-likeness (QED) is 0.536. The van der Waals surface area contributed by atoms with E-state index in [1.165, 1.54) is 16.4 Å². The first-order chi connectivity index (χ1) is 5.79. The SMILES string of the molecule is C=c1cccc2c1=CCC=C2C. The fourth-order valence-corrected chi connectivity index (χ4v) is 1.66. The molecule has 0 amide bonds. The highest BCUT2D eigenvalue weighted by Crippen LogP contribution is 2.12. The van der Waals surface area contributed by atoms with E-state index in [1.807, 2.05) is 0 Å². The van der Waals surface area contributed by atoms with Gasteiger partial charge in [0.1, 0.15) is 0 Å². The minimum Gasteiger partial charge on any atom is -0.0911 e. The van der Waals surface area contributed by atoms with Crippen molar-refractivity contribution in [3.05, 3.63) is 40.3 Å². The van der Waals surface area contributed by atoms with Gasteiger partial charge in [0.2, 0.25) is 0 Å². The van der Waals surface area contributed by atoms with Gasteiger partial charge in [-0.05, 0) is 34.9 Å². The maximum atomic E-state index is 4.01. The second kappa shape index (κ2) is 2.63. The van der Waals surface area contributed by atoms with Crippen LogP contribution in [0.5, 0.6) is 0 Å². The predicted octanol–water partition coefficient (Wildman–Crippen LogP) is 1.68. The van der Waals surface area contributed by atoms with Crippen LogP contribution in [0.4, 0.5) is 0 Å². The molecule has 0 bridgehead atoms. The molecule has 60 valence electrons. The summed E-state index contributed by atoms with van der Waals surface area (Å²) in [5.41, 5.74) is 2.71. The Balaban J connectivity index is 2.87. The van der Waals surface area contributed by atoms with Crippen LogP contribution >= 0.6 is 0 Å². The van der Waals surface area contributed by atoms with Gasteiger partial charge in [-0.1, -0.05) is 36.9 Å². The van der Waals surface area contributed by atoms with E-state index >= 15 is 0 Å². The van der Waals surface area contributed by atoms with Crippen molar-refractivity contribution in [3.8, 4) is 0 Å². The monoisotopic (exact) mass is 156 g/mol. The Bertz CT molecular complexity index is 436. The summed E-state index contributed by atoms with van der Waals surface area (Å²) in [6.07, 6.45) is 5.54. The summed E-state index contributed by atoms with van der Waals surface area (Å²) in [4.78, 5) is 0. The van der Waals surface area contributed by atoms with Crippen molar-refractivity contribution in [1.82, 2.24) is 0 Å².